The van der Waals surface area contributed by atoms with E-state index in [0.717, 1.165) is 11.8 Å². The first-order valence-electron chi connectivity index (χ1n) is 12.4. The van der Waals surface area contributed by atoms with Crippen molar-refractivity contribution in [2.75, 3.05) is 28.2 Å². The molecular formula is C26H34F3N6O2PS. The average molecular weight is 583 g/mol. The van der Waals surface area contributed by atoms with Crippen LogP contribution < -0.4 is 14.9 Å². The summed E-state index contributed by atoms with van der Waals surface area (Å²) in [6, 6.07) is 10.6. The first-order chi connectivity index (χ1) is 18.2. The molecule has 0 aliphatic rings. The highest BCUT2D eigenvalue weighted by Gasteiger charge is 2.35. The molecule has 39 heavy (non-hydrogen) atoms. The van der Waals surface area contributed by atoms with Gasteiger partial charge < -0.3 is 15.2 Å². The van der Waals surface area contributed by atoms with Crippen molar-refractivity contribution in [3.8, 4) is 0 Å². The van der Waals surface area contributed by atoms with Crippen LogP contribution in [0.2, 0.25) is 0 Å². The molecule has 3 aromatic rings. The van der Waals surface area contributed by atoms with E-state index in [1.54, 1.807) is 31.3 Å². The standard InChI is InChI=1S/C26H34F3N6O2PS/c1-17(2)38(36,18(3)4)16-19-9-11-21(12-10-19)33-25-32-15-22(26(27,28)29)23(34-25)31-14-20-8-7-13-30-24(20)35(5)39(6)37/h7-13,15,17-18H,14,16H2,1-6H3,(H2,31,32,33,34). The van der Waals surface area contributed by atoms with E-state index in [9.17, 15) is 21.9 Å². The van der Waals surface area contributed by atoms with Crippen LogP contribution in [0.4, 0.5) is 36.4 Å². The smallest absolute Gasteiger partial charge is 0.365 e. The lowest BCUT2D eigenvalue weighted by atomic mass is 10.2. The number of anilines is 4. The van der Waals surface area contributed by atoms with Gasteiger partial charge in [-0.25, -0.2) is 14.2 Å². The fourth-order valence-corrected chi connectivity index (χ4v) is 7.12. The maximum atomic E-state index is 13.7. The zero-order chi connectivity index (χ0) is 29.0. The van der Waals surface area contributed by atoms with Gasteiger partial charge in [0.2, 0.25) is 5.95 Å². The molecule has 0 aliphatic carbocycles. The Morgan fingerprint density at radius 1 is 1.05 bits per heavy atom. The van der Waals surface area contributed by atoms with Crippen molar-refractivity contribution in [3.05, 3.63) is 65.5 Å². The van der Waals surface area contributed by atoms with Crippen LogP contribution in [0.25, 0.3) is 0 Å². The van der Waals surface area contributed by atoms with Crippen LogP contribution in [0, 0.1) is 0 Å². The Labute approximate surface area is 229 Å². The second-order valence-corrected chi connectivity index (χ2v) is 15.2. The first kappa shape index (κ1) is 30.6. The Bertz CT molecular complexity index is 1340. The summed E-state index contributed by atoms with van der Waals surface area (Å²) in [6.07, 6.45) is -0.472. The lowest BCUT2D eigenvalue weighted by Gasteiger charge is -2.26. The van der Waals surface area contributed by atoms with Crippen LogP contribution in [-0.2, 0) is 34.4 Å². The number of aromatic nitrogens is 3. The third-order valence-electron chi connectivity index (χ3n) is 6.48. The van der Waals surface area contributed by atoms with Crippen molar-refractivity contribution in [3.63, 3.8) is 0 Å². The second kappa shape index (κ2) is 12.5. The van der Waals surface area contributed by atoms with E-state index < -0.39 is 35.7 Å². The minimum atomic E-state index is -4.68. The van der Waals surface area contributed by atoms with E-state index in [2.05, 4.69) is 25.6 Å². The fraction of sp³-hybridized carbons (Fsp3) is 0.423. The highest BCUT2D eigenvalue weighted by atomic mass is 32.2. The molecule has 2 N–H and O–H groups in total. The minimum absolute atomic E-state index is 0.0218. The van der Waals surface area contributed by atoms with E-state index in [1.807, 2.05) is 39.8 Å². The number of alkyl halides is 3. The largest absolute Gasteiger partial charge is 0.421 e. The predicted molar refractivity (Wildman–Crippen MR) is 152 cm³/mol. The zero-order valence-electron chi connectivity index (χ0n) is 22.8. The summed E-state index contributed by atoms with van der Waals surface area (Å²) in [7, 11) is -2.20. The number of hydrogen-bond acceptors (Lipinski definition) is 7. The van der Waals surface area contributed by atoms with Crippen molar-refractivity contribution >= 4 is 41.4 Å². The molecule has 0 spiro atoms. The normalized spacial score (nSPS) is 13.0. The molecule has 2 heterocycles. The highest BCUT2D eigenvalue weighted by Crippen LogP contribution is 2.57. The molecule has 1 unspecified atom stereocenters. The van der Waals surface area contributed by atoms with E-state index >= 15 is 0 Å². The monoisotopic (exact) mass is 582 g/mol. The third-order valence-corrected chi connectivity index (χ3v) is 11.8. The van der Waals surface area contributed by atoms with Crippen LogP contribution in [0.5, 0.6) is 0 Å². The molecule has 0 saturated carbocycles. The molecule has 13 heteroatoms. The van der Waals surface area contributed by atoms with Crippen molar-refractivity contribution < 1.29 is 21.9 Å². The lowest BCUT2D eigenvalue weighted by Crippen LogP contribution is -2.22. The molecule has 0 fully saturated rings. The van der Waals surface area contributed by atoms with Gasteiger partial charge in [-0.1, -0.05) is 45.9 Å². The second-order valence-electron chi connectivity index (χ2n) is 9.74. The minimum Gasteiger partial charge on any atom is -0.365 e. The highest BCUT2D eigenvalue weighted by molar-refractivity contribution is 7.85. The van der Waals surface area contributed by atoms with Crippen LogP contribution >= 0.6 is 7.14 Å². The summed E-state index contributed by atoms with van der Waals surface area (Å²) in [5, 5.41) is 5.69. The Kier molecular flexibility index (Phi) is 9.77. The third kappa shape index (κ3) is 7.57. The molecule has 0 radical (unpaired) electrons. The van der Waals surface area contributed by atoms with Crippen molar-refractivity contribution in [1.29, 1.82) is 0 Å². The number of rotatable bonds is 11. The van der Waals surface area contributed by atoms with Gasteiger partial charge in [-0.05, 0) is 23.8 Å². The zero-order valence-corrected chi connectivity index (χ0v) is 24.5. The number of nitrogens with one attached hydrogen (secondary N) is 2. The van der Waals surface area contributed by atoms with Gasteiger partial charge in [0.15, 0.2) is 0 Å². The summed E-state index contributed by atoms with van der Waals surface area (Å²) >= 11 is 0. The molecule has 212 valence electrons. The maximum absolute atomic E-state index is 13.7. The fourth-order valence-electron chi connectivity index (χ4n) is 4.01. The quantitative estimate of drug-likeness (QED) is 0.244. The molecule has 3 rings (SSSR count). The van der Waals surface area contributed by atoms with Gasteiger partial charge in [0.1, 0.15) is 28.2 Å². The number of pyridine rings is 1. The van der Waals surface area contributed by atoms with Crippen LogP contribution in [0.1, 0.15) is 44.4 Å². The van der Waals surface area contributed by atoms with Gasteiger partial charge in [0.25, 0.3) is 0 Å². The Balaban J connectivity index is 1.83. The van der Waals surface area contributed by atoms with Crippen LogP contribution in [0.15, 0.2) is 48.8 Å². The van der Waals surface area contributed by atoms with E-state index in [1.165, 1.54) is 16.8 Å². The maximum Gasteiger partial charge on any atom is 0.421 e. The van der Waals surface area contributed by atoms with Crippen molar-refractivity contribution in [2.45, 2.75) is 57.9 Å². The predicted octanol–water partition coefficient (Wildman–Crippen LogP) is 6.66. The van der Waals surface area contributed by atoms with Crippen LogP contribution in [-0.4, -0.2) is 43.8 Å². The number of benzene rings is 1. The summed E-state index contributed by atoms with van der Waals surface area (Å²) < 4.78 is 67.9. The SMILES string of the molecule is CC(C)P(=O)(Cc1ccc(Nc2ncc(C(F)(F)F)c(NCc3cccnc3N(C)S(C)=O)n2)cc1)C(C)C. The first-order valence-corrected chi connectivity index (χ1v) is 15.9. The number of hydrogen-bond donors (Lipinski definition) is 2. The molecule has 0 saturated heterocycles. The van der Waals surface area contributed by atoms with E-state index in [-0.39, 0.29) is 23.8 Å². The molecule has 1 atom stereocenters. The summed E-state index contributed by atoms with van der Waals surface area (Å²) in [4.78, 5) is 12.2. The average Bonchev–Trinajstić information content (AvgIpc) is 2.87. The van der Waals surface area contributed by atoms with Gasteiger partial charge in [0.05, 0.1) is 7.14 Å². The topological polar surface area (TPSA) is 100 Å². The van der Waals surface area contributed by atoms with Crippen molar-refractivity contribution in [2.24, 2.45) is 0 Å². The molecule has 2 aromatic heterocycles. The lowest BCUT2D eigenvalue weighted by molar-refractivity contribution is -0.137. The van der Waals surface area contributed by atoms with Gasteiger partial charge >= 0.3 is 6.18 Å². The summed E-state index contributed by atoms with van der Waals surface area (Å²) in [5.74, 6) is -0.0423. The Morgan fingerprint density at radius 2 is 1.69 bits per heavy atom. The van der Waals surface area contributed by atoms with E-state index in [4.69, 9.17) is 0 Å². The summed E-state index contributed by atoms with van der Waals surface area (Å²) in [5.41, 5.74) is 1.16. The van der Waals surface area contributed by atoms with E-state index in [0.29, 0.717) is 23.2 Å². The molecule has 1 aromatic carbocycles. The molecular weight excluding hydrogens is 548 g/mol. The van der Waals surface area contributed by atoms with Crippen LogP contribution in [0.3, 0.4) is 0 Å². The Morgan fingerprint density at radius 3 is 2.26 bits per heavy atom. The van der Waals surface area contributed by atoms with Gasteiger partial charge in [-0.15, -0.1) is 0 Å². The molecule has 8 nitrogen and oxygen atoms in total. The van der Waals surface area contributed by atoms with Gasteiger partial charge in [-0.3, -0.25) is 4.31 Å². The Hall–Kier alpha value is -2.98. The summed E-state index contributed by atoms with van der Waals surface area (Å²) in [6.45, 7) is 7.86. The van der Waals surface area contributed by atoms with Crippen molar-refractivity contribution in [1.82, 2.24) is 15.0 Å². The molecule has 0 aliphatic heterocycles. The number of halogens is 3. The molecule has 0 bridgehead atoms. The van der Waals surface area contributed by atoms with Gasteiger partial charge in [-0.2, -0.15) is 18.2 Å². The number of nitrogens with zero attached hydrogens (tertiary/aromatic N) is 4. The molecule has 0 amide bonds. The van der Waals surface area contributed by atoms with Gasteiger partial charge in [0, 0.05) is 61.0 Å².